The fourth-order valence-corrected chi connectivity index (χ4v) is 11.9. The first-order valence-corrected chi connectivity index (χ1v) is 24.4. The van der Waals surface area contributed by atoms with Crippen LogP contribution in [0, 0.1) is 26.7 Å². The fraction of sp³-hybridized carbons (Fsp3) is 0.420. The van der Waals surface area contributed by atoms with Crippen LogP contribution in [0.1, 0.15) is 116 Å². The maximum atomic E-state index is 5.46. The number of aromatic nitrogens is 3. The van der Waals surface area contributed by atoms with Crippen molar-refractivity contribution in [1.29, 1.82) is 0 Å². The number of hydrogen-bond donors (Lipinski definition) is 0. The fourth-order valence-electron chi connectivity index (χ4n) is 10.2. The second kappa shape index (κ2) is 14.5. The molecule has 0 amide bonds. The summed E-state index contributed by atoms with van der Waals surface area (Å²) in [6, 6.07) is 25.9. The van der Waals surface area contributed by atoms with Gasteiger partial charge in [0.15, 0.2) is 24.1 Å². The summed E-state index contributed by atoms with van der Waals surface area (Å²) < 4.78 is 5.18. The minimum Gasteiger partial charge on any atom is -0.257 e. The normalized spacial score (nSPS) is 18.7. The molecule has 4 heteroatoms. The molecule has 3 aromatic heterocycles. The topological polar surface area (TPSA) is 20.6 Å². The lowest BCUT2D eigenvalue weighted by Gasteiger charge is -2.33. The molecule has 0 saturated heterocycles. The van der Waals surface area contributed by atoms with E-state index in [1.54, 1.807) is 10.8 Å². The van der Waals surface area contributed by atoms with Crippen LogP contribution < -0.4 is 14.3 Å². The quantitative estimate of drug-likeness (QED) is 0.130. The summed E-state index contributed by atoms with van der Waals surface area (Å²) in [5, 5.41) is 1.65. The molecule has 1 aliphatic carbocycles. The summed E-state index contributed by atoms with van der Waals surface area (Å²) in [6.45, 7) is 23.9. The highest BCUT2D eigenvalue weighted by molar-refractivity contribution is 6.89. The first kappa shape index (κ1) is 36.8. The minimum absolute atomic E-state index is 0.251. The Balaban J connectivity index is 1.34. The number of allylic oxidation sites excluding steroid dienone is 1. The smallest absolute Gasteiger partial charge is 0.220 e. The Bertz CT molecular complexity index is 2230. The average Bonchev–Trinajstić information content (AvgIpc) is 3.14. The van der Waals surface area contributed by atoms with Gasteiger partial charge in [0.25, 0.3) is 0 Å². The summed E-state index contributed by atoms with van der Waals surface area (Å²) in [4.78, 5) is 5.46. The Hall–Kier alpha value is -4.15. The van der Waals surface area contributed by atoms with Crippen molar-refractivity contribution >= 4 is 19.0 Å². The second-order valence-corrected chi connectivity index (χ2v) is 23.3. The van der Waals surface area contributed by atoms with Crippen LogP contribution in [-0.4, -0.2) is 13.1 Å². The van der Waals surface area contributed by atoms with Crippen molar-refractivity contribution in [2.45, 2.75) is 130 Å². The zero-order chi connectivity index (χ0) is 37.9. The molecule has 0 N–H and O–H groups in total. The van der Waals surface area contributed by atoms with Crippen LogP contribution in [0.4, 0.5) is 0 Å². The number of hydrogen-bond acceptors (Lipinski definition) is 1. The Labute approximate surface area is 326 Å². The summed E-state index contributed by atoms with van der Waals surface area (Å²) in [5.74, 6) is 1.52. The number of pyridine rings is 3. The van der Waals surface area contributed by atoms with Crippen LogP contribution in [0.15, 0.2) is 85.7 Å². The molecule has 0 spiro atoms. The van der Waals surface area contributed by atoms with Gasteiger partial charge in [-0.05, 0) is 110 Å². The number of aryl methyl sites for hydroxylation is 4. The highest BCUT2D eigenvalue weighted by Crippen LogP contribution is 2.45. The van der Waals surface area contributed by atoms with Crippen molar-refractivity contribution in [3.05, 3.63) is 125 Å². The van der Waals surface area contributed by atoms with Crippen LogP contribution in [0.2, 0.25) is 19.6 Å². The molecule has 3 nitrogen and oxygen atoms in total. The lowest BCUT2D eigenvalue weighted by molar-refractivity contribution is -0.719. The van der Waals surface area contributed by atoms with Gasteiger partial charge in [0, 0.05) is 40.1 Å². The lowest BCUT2D eigenvalue weighted by Crippen LogP contribution is -2.54. The van der Waals surface area contributed by atoms with Crippen molar-refractivity contribution in [2.75, 3.05) is 0 Å². The van der Waals surface area contributed by atoms with Crippen LogP contribution in [-0.2, 0) is 12.8 Å². The zero-order valence-corrected chi connectivity index (χ0v) is 35.2. The van der Waals surface area contributed by atoms with E-state index in [-0.39, 0.29) is 6.04 Å². The minimum atomic E-state index is -1.67. The van der Waals surface area contributed by atoms with Crippen molar-refractivity contribution < 1.29 is 9.13 Å². The van der Waals surface area contributed by atoms with E-state index in [2.05, 4.69) is 143 Å². The third-order valence-corrected chi connectivity index (χ3v) is 15.2. The van der Waals surface area contributed by atoms with E-state index in [1.165, 1.54) is 106 Å². The van der Waals surface area contributed by atoms with Gasteiger partial charge >= 0.3 is 0 Å². The standard InChI is InChI=1S/C50H61N3Si/c1-32(2)44-24-23-42-45(51-44)25-22-41-39-20-13-14-21-40(39)48-29-38(28-37-18-11-10-12-19-37)49(54(7,8)9)31-53(48)47(41)27-36(6)52-30-43(35(5)26-46(42)52)50-33(3)16-15-17-34(50)4/h13-17,20-21,23-24,26,29-32,37,41,47H,6,10-12,18-19,22,25,27-28H2,1-5,7-9H3/q+2. The molecular weight excluding hydrogens is 671 g/mol. The maximum Gasteiger partial charge on any atom is 0.220 e. The highest BCUT2D eigenvalue weighted by atomic mass is 28.3. The van der Waals surface area contributed by atoms with Crippen molar-refractivity contribution in [2.24, 2.45) is 5.92 Å². The highest BCUT2D eigenvalue weighted by Gasteiger charge is 2.44. The van der Waals surface area contributed by atoms with Crippen LogP contribution >= 0.6 is 0 Å². The maximum absolute atomic E-state index is 5.46. The van der Waals surface area contributed by atoms with Crippen LogP contribution in [0.5, 0.6) is 0 Å². The van der Waals surface area contributed by atoms with E-state index in [4.69, 9.17) is 11.6 Å². The number of nitrogens with zero attached hydrogens (tertiary/aromatic N) is 3. The van der Waals surface area contributed by atoms with Gasteiger partial charge < -0.3 is 0 Å². The summed E-state index contributed by atoms with van der Waals surface area (Å²) in [5.41, 5.74) is 18.4. The van der Waals surface area contributed by atoms with Gasteiger partial charge in [-0.1, -0.05) is 102 Å². The molecule has 8 rings (SSSR count). The first-order chi connectivity index (χ1) is 25.9. The van der Waals surface area contributed by atoms with Gasteiger partial charge in [0.1, 0.15) is 0 Å². The van der Waals surface area contributed by atoms with E-state index in [1.807, 2.05) is 0 Å². The third kappa shape index (κ3) is 6.74. The van der Waals surface area contributed by atoms with Crippen molar-refractivity contribution in [3.63, 3.8) is 0 Å². The predicted octanol–water partition coefficient (Wildman–Crippen LogP) is 11.5. The first-order valence-electron chi connectivity index (χ1n) is 20.9. The molecule has 1 saturated carbocycles. The summed E-state index contributed by atoms with van der Waals surface area (Å²) in [7, 11) is -1.67. The molecule has 54 heavy (non-hydrogen) atoms. The molecule has 3 aliphatic rings. The number of rotatable bonds is 5. The Kier molecular flexibility index (Phi) is 9.88. The molecular formula is C50H61N3Si+2. The SMILES string of the molecule is C=C1CC2C(CCc3nc(C(C)C)ccc3-c3cc(C)c(-c4c(C)cccc4C)c[n+]31)c1ccccc1-c1cc(CC3CCCCC3)c([Si](C)(C)C)c[n+]12. The predicted molar refractivity (Wildman–Crippen MR) is 229 cm³/mol. The van der Waals surface area contributed by atoms with E-state index in [0.717, 1.165) is 30.9 Å². The molecule has 278 valence electrons. The average molecular weight is 732 g/mol. The van der Waals surface area contributed by atoms with Gasteiger partial charge in [0.2, 0.25) is 11.4 Å². The van der Waals surface area contributed by atoms with E-state index in [9.17, 15) is 0 Å². The van der Waals surface area contributed by atoms with Gasteiger partial charge in [-0.25, -0.2) is 0 Å². The summed E-state index contributed by atoms with van der Waals surface area (Å²) in [6.07, 6.45) is 16.1. The Morgan fingerprint density at radius 1 is 0.778 bits per heavy atom. The van der Waals surface area contributed by atoms with E-state index >= 15 is 0 Å². The number of fused-ring (bicyclic) bond motifs is 9. The van der Waals surface area contributed by atoms with Gasteiger partial charge in [-0.15, -0.1) is 0 Å². The Morgan fingerprint density at radius 2 is 1.52 bits per heavy atom. The molecule has 2 aliphatic heterocycles. The van der Waals surface area contributed by atoms with Gasteiger partial charge in [-0.3, -0.25) is 4.98 Å². The van der Waals surface area contributed by atoms with E-state index < -0.39 is 8.07 Å². The molecule has 2 aromatic carbocycles. The molecule has 5 heterocycles. The van der Waals surface area contributed by atoms with Gasteiger partial charge in [0.05, 0.1) is 25.8 Å². The molecule has 2 unspecified atom stereocenters. The number of benzene rings is 2. The monoisotopic (exact) mass is 731 g/mol. The lowest BCUT2D eigenvalue weighted by atomic mass is 9.77. The van der Waals surface area contributed by atoms with Crippen molar-refractivity contribution in [1.82, 2.24) is 4.98 Å². The largest absolute Gasteiger partial charge is 0.257 e. The Morgan fingerprint density at radius 3 is 2.24 bits per heavy atom. The molecule has 5 aromatic rings. The summed E-state index contributed by atoms with van der Waals surface area (Å²) >= 11 is 0. The molecule has 0 bridgehead atoms. The molecule has 2 atom stereocenters. The molecule has 1 fully saturated rings. The van der Waals surface area contributed by atoms with Crippen LogP contribution in [0.25, 0.3) is 39.3 Å². The van der Waals surface area contributed by atoms with Crippen LogP contribution in [0.3, 0.4) is 0 Å². The third-order valence-electron chi connectivity index (χ3n) is 13.1. The second-order valence-electron chi connectivity index (χ2n) is 18.3. The molecule has 0 radical (unpaired) electrons. The van der Waals surface area contributed by atoms with Gasteiger partial charge in [-0.2, -0.15) is 9.13 Å². The van der Waals surface area contributed by atoms with Crippen molar-refractivity contribution in [3.8, 4) is 33.6 Å². The van der Waals surface area contributed by atoms with E-state index in [0.29, 0.717) is 11.8 Å². The zero-order valence-electron chi connectivity index (χ0n) is 34.2.